The van der Waals surface area contributed by atoms with Gasteiger partial charge >= 0.3 is 12.1 Å². The molecule has 0 unspecified atom stereocenters. The molecule has 0 saturated carbocycles. The van der Waals surface area contributed by atoms with E-state index >= 15 is 4.39 Å². The number of amides is 3. The average molecular weight is 415 g/mol. The number of hydrogen-bond acceptors (Lipinski definition) is 4. The Balaban J connectivity index is 1.69. The zero-order valence-corrected chi connectivity index (χ0v) is 17.2. The van der Waals surface area contributed by atoms with Crippen molar-refractivity contribution in [3.63, 3.8) is 0 Å². The number of aromatic nitrogens is 1. The molecule has 0 spiro atoms. The number of nitrogens with one attached hydrogen (secondary N) is 2. The molecular weight excluding hydrogens is 389 g/mol. The maximum absolute atomic E-state index is 15.0. The predicted octanol–water partition coefficient (Wildman–Crippen LogP) is 3.83. The van der Waals surface area contributed by atoms with Crippen molar-refractivity contribution in [2.45, 2.75) is 38.9 Å². The molecule has 2 heterocycles. The number of carbonyl (C=O) groups excluding carboxylic acids is 1. The molecule has 3 N–H and O–H groups in total. The highest BCUT2D eigenvalue weighted by molar-refractivity contribution is 5.99. The number of carboxylic acid groups (broad SMARTS) is 1. The van der Waals surface area contributed by atoms with E-state index < -0.39 is 23.5 Å². The maximum Gasteiger partial charge on any atom is 0.408 e. The van der Waals surface area contributed by atoms with Crippen LogP contribution < -0.4 is 10.6 Å². The molecule has 0 radical (unpaired) electrons. The van der Waals surface area contributed by atoms with Crippen molar-refractivity contribution in [1.29, 1.82) is 0 Å². The third-order valence-electron chi connectivity index (χ3n) is 5.07. The predicted molar refractivity (Wildman–Crippen MR) is 112 cm³/mol. The summed E-state index contributed by atoms with van der Waals surface area (Å²) in [4.78, 5) is 31.1. The second-order valence-electron chi connectivity index (χ2n) is 8.08. The smallest absolute Gasteiger partial charge is 0.408 e. The fourth-order valence-corrected chi connectivity index (χ4v) is 4.07. The second kappa shape index (κ2) is 8.66. The first-order chi connectivity index (χ1) is 14.2. The van der Waals surface area contributed by atoms with Gasteiger partial charge in [0.25, 0.3) is 0 Å². The van der Waals surface area contributed by atoms with Crippen molar-refractivity contribution in [3.8, 4) is 0 Å². The van der Waals surface area contributed by atoms with E-state index in [1.54, 1.807) is 30.5 Å². The van der Waals surface area contributed by atoms with Crippen LogP contribution in [0.4, 0.5) is 25.4 Å². The Labute approximate surface area is 174 Å². The molecule has 1 aliphatic rings. The third kappa shape index (κ3) is 4.85. The van der Waals surface area contributed by atoms with Crippen LogP contribution >= 0.6 is 0 Å². The molecule has 3 amide bonds. The van der Waals surface area contributed by atoms with E-state index in [1.165, 1.54) is 17.2 Å². The summed E-state index contributed by atoms with van der Waals surface area (Å²) < 4.78 is 15.0. The lowest BCUT2D eigenvalue weighted by molar-refractivity contribution is -0.00947. The summed E-state index contributed by atoms with van der Waals surface area (Å²) in [6.07, 6.45) is 2.13. The minimum Gasteiger partial charge on any atom is -0.465 e. The molecule has 1 saturated heterocycles. The van der Waals surface area contributed by atoms with Crippen molar-refractivity contribution in [2.75, 3.05) is 23.7 Å². The highest BCUT2D eigenvalue weighted by Gasteiger charge is 2.41. The second-order valence-corrected chi connectivity index (χ2v) is 8.08. The van der Waals surface area contributed by atoms with Gasteiger partial charge in [0.2, 0.25) is 0 Å². The van der Waals surface area contributed by atoms with Crippen LogP contribution in [0.5, 0.6) is 0 Å². The highest BCUT2D eigenvalue weighted by atomic mass is 19.1. The van der Waals surface area contributed by atoms with Gasteiger partial charge in [-0.2, -0.15) is 0 Å². The van der Waals surface area contributed by atoms with Gasteiger partial charge in [0.1, 0.15) is 0 Å². The quantitative estimate of drug-likeness (QED) is 0.705. The summed E-state index contributed by atoms with van der Waals surface area (Å²) in [5, 5.41) is 14.6. The molecule has 8 nitrogen and oxygen atoms in total. The zero-order valence-electron chi connectivity index (χ0n) is 17.2. The van der Waals surface area contributed by atoms with Crippen molar-refractivity contribution in [3.05, 3.63) is 54.1 Å². The standard InChI is InChI=1S/C21H26FN5O3/c1-14-11-26(13-21(2,3)27(14)20(29)30)12-15-6-4-8-17(18(15)22)25-19(28)24-16-7-5-9-23-10-16/h4-10,14H,11-13H2,1-3H3,(H,29,30)(H2,24,25,28)/t14-/m1/s1. The van der Waals surface area contributed by atoms with Crippen LogP contribution in [-0.4, -0.2) is 56.7 Å². The fraction of sp³-hybridized carbons (Fsp3) is 0.381. The number of hydrogen-bond donors (Lipinski definition) is 3. The van der Waals surface area contributed by atoms with Gasteiger partial charge in [0.05, 0.1) is 23.1 Å². The summed E-state index contributed by atoms with van der Waals surface area (Å²) in [5.41, 5.74) is 0.407. The number of nitrogens with zero attached hydrogens (tertiary/aromatic N) is 3. The molecule has 1 aromatic carbocycles. The number of urea groups is 1. The lowest BCUT2D eigenvalue weighted by atomic mass is 9.95. The van der Waals surface area contributed by atoms with Crippen LogP contribution in [-0.2, 0) is 6.54 Å². The molecule has 1 aliphatic heterocycles. The molecular formula is C21H26FN5O3. The van der Waals surface area contributed by atoms with Gasteiger partial charge in [-0.1, -0.05) is 12.1 Å². The summed E-state index contributed by atoms with van der Waals surface area (Å²) in [5.74, 6) is -0.509. The molecule has 9 heteroatoms. The van der Waals surface area contributed by atoms with Gasteiger partial charge in [-0.15, -0.1) is 0 Å². The Morgan fingerprint density at radius 3 is 2.67 bits per heavy atom. The van der Waals surface area contributed by atoms with Crippen LogP contribution in [0.15, 0.2) is 42.7 Å². The summed E-state index contributed by atoms with van der Waals surface area (Å²) in [6.45, 7) is 6.85. The molecule has 2 aromatic rings. The van der Waals surface area contributed by atoms with Crippen LogP contribution in [0.1, 0.15) is 26.3 Å². The monoisotopic (exact) mass is 415 g/mol. The third-order valence-corrected chi connectivity index (χ3v) is 5.07. The number of piperazine rings is 1. The molecule has 1 aromatic heterocycles. The summed E-state index contributed by atoms with van der Waals surface area (Å²) in [7, 11) is 0. The molecule has 0 aliphatic carbocycles. The zero-order chi connectivity index (χ0) is 21.9. The Morgan fingerprint density at radius 2 is 2.03 bits per heavy atom. The van der Waals surface area contributed by atoms with E-state index in [1.807, 2.05) is 25.7 Å². The van der Waals surface area contributed by atoms with Crippen LogP contribution in [0, 0.1) is 5.82 Å². The lowest BCUT2D eigenvalue weighted by Crippen LogP contribution is -2.64. The lowest BCUT2D eigenvalue weighted by Gasteiger charge is -2.49. The van der Waals surface area contributed by atoms with Crippen molar-refractivity contribution in [2.24, 2.45) is 0 Å². The molecule has 1 atom stereocenters. The van der Waals surface area contributed by atoms with Crippen molar-refractivity contribution < 1.29 is 19.1 Å². The minimum absolute atomic E-state index is 0.0744. The maximum atomic E-state index is 15.0. The Bertz CT molecular complexity index is 922. The van der Waals surface area contributed by atoms with Gasteiger partial charge in [0, 0.05) is 37.4 Å². The van der Waals surface area contributed by atoms with Crippen LogP contribution in [0.2, 0.25) is 0 Å². The number of anilines is 2. The van der Waals surface area contributed by atoms with E-state index in [2.05, 4.69) is 15.6 Å². The normalized spacial score (nSPS) is 18.7. The van der Waals surface area contributed by atoms with E-state index in [0.717, 1.165) is 0 Å². The van der Waals surface area contributed by atoms with Gasteiger partial charge in [-0.3, -0.25) is 14.8 Å². The first-order valence-electron chi connectivity index (χ1n) is 9.67. The van der Waals surface area contributed by atoms with Crippen LogP contribution in [0.25, 0.3) is 0 Å². The average Bonchev–Trinajstić information content (AvgIpc) is 2.64. The Hall–Kier alpha value is -3.20. The molecule has 1 fully saturated rings. The van der Waals surface area contributed by atoms with Crippen molar-refractivity contribution in [1.82, 2.24) is 14.8 Å². The number of carbonyl (C=O) groups is 2. The van der Waals surface area contributed by atoms with Crippen LogP contribution in [0.3, 0.4) is 0 Å². The number of pyridine rings is 1. The van der Waals surface area contributed by atoms with Gasteiger partial charge in [-0.25, -0.2) is 14.0 Å². The topological polar surface area (TPSA) is 97.8 Å². The van der Waals surface area contributed by atoms with Gasteiger partial charge in [-0.05, 0) is 39.0 Å². The van der Waals surface area contributed by atoms with Gasteiger partial charge < -0.3 is 15.7 Å². The first kappa shape index (κ1) is 21.5. The number of benzene rings is 1. The van der Waals surface area contributed by atoms with E-state index in [9.17, 15) is 14.7 Å². The Morgan fingerprint density at radius 1 is 1.27 bits per heavy atom. The largest absolute Gasteiger partial charge is 0.465 e. The van der Waals surface area contributed by atoms with Crippen molar-refractivity contribution >= 4 is 23.5 Å². The SMILES string of the molecule is C[C@@H]1CN(Cc2cccc(NC(=O)Nc3cccnc3)c2F)CC(C)(C)N1C(=O)O. The molecule has 3 rings (SSSR count). The molecule has 0 bridgehead atoms. The van der Waals surface area contributed by atoms with E-state index in [4.69, 9.17) is 0 Å². The van der Waals surface area contributed by atoms with E-state index in [0.29, 0.717) is 30.9 Å². The fourth-order valence-electron chi connectivity index (χ4n) is 4.07. The van der Waals surface area contributed by atoms with Gasteiger partial charge in [0.15, 0.2) is 5.82 Å². The minimum atomic E-state index is -0.954. The number of halogens is 1. The number of rotatable bonds is 4. The highest BCUT2D eigenvalue weighted by Crippen LogP contribution is 2.28. The summed E-state index contributed by atoms with van der Waals surface area (Å²) >= 11 is 0. The first-order valence-corrected chi connectivity index (χ1v) is 9.67. The van der Waals surface area contributed by atoms with E-state index in [-0.39, 0.29) is 11.7 Å². The molecule has 160 valence electrons. The Kier molecular flexibility index (Phi) is 6.21. The molecule has 30 heavy (non-hydrogen) atoms. The summed E-state index contributed by atoms with van der Waals surface area (Å²) in [6, 6.07) is 7.42.